The molecule has 1 aromatic heterocycles. The zero-order valence-corrected chi connectivity index (χ0v) is 15.9. The maximum absolute atomic E-state index is 13.1. The number of aromatic nitrogens is 1. The van der Waals surface area contributed by atoms with Crippen molar-refractivity contribution in [3.8, 4) is 0 Å². The molecule has 1 aliphatic rings. The van der Waals surface area contributed by atoms with Crippen molar-refractivity contribution in [2.75, 3.05) is 0 Å². The number of hydrogen-bond acceptors (Lipinski definition) is 2. The molecule has 0 bridgehead atoms. The molecule has 138 valence electrons. The molecule has 0 aliphatic heterocycles. The van der Waals surface area contributed by atoms with Gasteiger partial charge in [-0.2, -0.15) is 0 Å². The van der Waals surface area contributed by atoms with Crippen LogP contribution in [-0.2, 0) is 6.42 Å². The summed E-state index contributed by atoms with van der Waals surface area (Å²) in [6.45, 7) is 2.15. The molecule has 0 atom stereocenters. The lowest BCUT2D eigenvalue weighted by Crippen LogP contribution is -2.51. The van der Waals surface area contributed by atoms with Crippen LogP contribution in [0, 0.1) is 6.92 Å². The zero-order valence-electron chi connectivity index (χ0n) is 15.9. The Morgan fingerprint density at radius 2 is 1.78 bits per heavy atom. The van der Waals surface area contributed by atoms with Crippen molar-refractivity contribution in [2.45, 2.75) is 51.0 Å². The van der Waals surface area contributed by atoms with E-state index in [1.165, 1.54) is 30.4 Å². The summed E-state index contributed by atoms with van der Waals surface area (Å²) >= 11 is 0. The molecular formula is C24H26N2O. The van der Waals surface area contributed by atoms with Gasteiger partial charge in [0, 0.05) is 17.1 Å². The third kappa shape index (κ3) is 3.87. The molecule has 1 N–H and O–H groups in total. The number of carbonyl (C=O) groups is 1. The lowest BCUT2D eigenvalue weighted by atomic mass is 9.76. The van der Waals surface area contributed by atoms with Gasteiger partial charge in [0.15, 0.2) is 0 Å². The van der Waals surface area contributed by atoms with Gasteiger partial charge in [-0.1, -0.05) is 61.7 Å². The van der Waals surface area contributed by atoms with Crippen LogP contribution < -0.4 is 5.32 Å². The van der Waals surface area contributed by atoms with Crippen molar-refractivity contribution in [2.24, 2.45) is 0 Å². The lowest BCUT2D eigenvalue weighted by molar-refractivity contribution is 0.0868. The normalized spacial score (nSPS) is 16.2. The number of aryl methyl sites for hydroxylation is 1. The Bertz CT molecular complexity index is 957. The van der Waals surface area contributed by atoms with Crippen LogP contribution >= 0.6 is 0 Å². The summed E-state index contributed by atoms with van der Waals surface area (Å²) in [5.74, 6) is -0.0104. The maximum Gasteiger partial charge on any atom is 0.253 e. The molecule has 0 spiro atoms. The van der Waals surface area contributed by atoms with E-state index in [0.29, 0.717) is 5.56 Å². The lowest BCUT2D eigenvalue weighted by Gasteiger charge is -2.39. The van der Waals surface area contributed by atoms with Gasteiger partial charge < -0.3 is 5.32 Å². The molecule has 1 heterocycles. The number of pyridine rings is 1. The highest BCUT2D eigenvalue weighted by Crippen LogP contribution is 2.32. The number of rotatable bonds is 4. The summed E-state index contributed by atoms with van der Waals surface area (Å²) in [6, 6.07) is 18.4. The molecule has 1 aliphatic carbocycles. The smallest absolute Gasteiger partial charge is 0.253 e. The zero-order chi connectivity index (χ0) is 18.7. The molecule has 1 fully saturated rings. The second-order valence-electron chi connectivity index (χ2n) is 7.82. The first-order valence-corrected chi connectivity index (χ1v) is 9.87. The van der Waals surface area contributed by atoms with Crippen LogP contribution in [0.25, 0.3) is 10.9 Å². The van der Waals surface area contributed by atoms with Gasteiger partial charge in [-0.15, -0.1) is 0 Å². The van der Waals surface area contributed by atoms with Crippen molar-refractivity contribution in [3.05, 3.63) is 77.5 Å². The highest BCUT2D eigenvalue weighted by Gasteiger charge is 2.34. The van der Waals surface area contributed by atoms with E-state index >= 15 is 0 Å². The Balaban J connectivity index is 1.60. The van der Waals surface area contributed by atoms with E-state index in [2.05, 4.69) is 41.5 Å². The fourth-order valence-corrected chi connectivity index (χ4v) is 4.26. The molecule has 0 unspecified atom stereocenters. The first kappa shape index (κ1) is 17.7. The summed E-state index contributed by atoms with van der Waals surface area (Å²) in [4.78, 5) is 17.5. The molecule has 3 nitrogen and oxygen atoms in total. The topological polar surface area (TPSA) is 42.0 Å². The van der Waals surface area contributed by atoms with Gasteiger partial charge in [0.25, 0.3) is 5.91 Å². The predicted molar refractivity (Wildman–Crippen MR) is 110 cm³/mol. The first-order valence-electron chi connectivity index (χ1n) is 9.87. The van der Waals surface area contributed by atoms with Crippen LogP contribution in [0.15, 0.2) is 60.8 Å². The van der Waals surface area contributed by atoms with E-state index in [0.717, 1.165) is 30.2 Å². The number of benzene rings is 2. The van der Waals surface area contributed by atoms with E-state index < -0.39 is 0 Å². The third-order valence-electron chi connectivity index (χ3n) is 5.83. The summed E-state index contributed by atoms with van der Waals surface area (Å²) < 4.78 is 0. The fourth-order valence-electron chi connectivity index (χ4n) is 4.26. The molecule has 1 amide bonds. The van der Waals surface area contributed by atoms with Crippen molar-refractivity contribution in [1.29, 1.82) is 0 Å². The molecule has 0 saturated heterocycles. The number of nitrogens with one attached hydrogen (secondary N) is 1. The summed E-state index contributed by atoms with van der Waals surface area (Å²) in [6.07, 6.45) is 8.25. The Kier molecular flexibility index (Phi) is 4.93. The molecule has 3 aromatic rings. The van der Waals surface area contributed by atoms with E-state index in [4.69, 9.17) is 0 Å². The molecule has 4 rings (SSSR count). The Morgan fingerprint density at radius 1 is 1.04 bits per heavy atom. The van der Waals surface area contributed by atoms with E-state index in [1.807, 2.05) is 30.3 Å². The van der Waals surface area contributed by atoms with Crippen LogP contribution in [0.3, 0.4) is 0 Å². The number of carbonyl (C=O) groups excluding carboxylic acids is 1. The van der Waals surface area contributed by atoms with Gasteiger partial charge >= 0.3 is 0 Å². The minimum atomic E-state index is -0.160. The highest BCUT2D eigenvalue weighted by atomic mass is 16.1. The minimum absolute atomic E-state index is 0.0104. The fraction of sp³-hybridized carbons (Fsp3) is 0.333. The van der Waals surface area contributed by atoms with E-state index in [1.54, 1.807) is 6.20 Å². The third-order valence-corrected chi connectivity index (χ3v) is 5.83. The molecule has 3 heteroatoms. The van der Waals surface area contributed by atoms with Gasteiger partial charge in [-0.05, 0) is 49.4 Å². The van der Waals surface area contributed by atoms with Gasteiger partial charge in [-0.3, -0.25) is 9.78 Å². The van der Waals surface area contributed by atoms with Gasteiger partial charge in [0.2, 0.25) is 0 Å². The first-order chi connectivity index (χ1) is 13.2. The monoisotopic (exact) mass is 358 g/mol. The van der Waals surface area contributed by atoms with E-state index in [9.17, 15) is 4.79 Å². The molecule has 27 heavy (non-hydrogen) atoms. The van der Waals surface area contributed by atoms with Crippen LogP contribution in [-0.4, -0.2) is 16.4 Å². The van der Waals surface area contributed by atoms with Crippen LogP contribution in [0.1, 0.15) is 53.6 Å². The van der Waals surface area contributed by atoms with Crippen LogP contribution in [0.5, 0.6) is 0 Å². The summed E-state index contributed by atoms with van der Waals surface area (Å²) in [5.41, 5.74) is 4.03. The summed E-state index contributed by atoms with van der Waals surface area (Å²) in [5, 5.41) is 4.41. The number of amides is 1. The van der Waals surface area contributed by atoms with E-state index in [-0.39, 0.29) is 11.4 Å². The quantitative estimate of drug-likeness (QED) is 0.695. The molecule has 0 radical (unpaired) electrons. The Morgan fingerprint density at radius 3 is 2.59 bits per heavy atom. The van der Waals surface area contributed by atoms with Crippen molar-refractivity contribution in [3.63, 3.8) is 0 Å². The van der Waals surface area contributed by atoms with Crippen LogP contribution in [0.2, 0.25) is 0 Å². The minimum Gasteiger partial charge on any atom is -0.346 e. The van der Waals surface area contributed by atoms with Gasteiger partial charge in [-0.25, -0.2) is 0 Å². The van der Waals surface area contributed by atoms with Crippen molar-refractivity contribution < 1.29 is 4.79 Å². The number of para-hydroxylation sites is 1. The number of nitrogens with zero attached hydrogens (tertiary/aromatic N) is 1. The SMILES string of the molecule is Cc1ccccc1CC1(NC(=O)c2cnc3ccccc3c2)CCCCC1. The molecular weight excluding hydrogens is 332 g/mol. The second-order valence-corrected chi connectivity index (χ2v) is 7.82. The average Bonchev–Trinajstić information content (AvgIpc) is 2.70. The summed E-state index contributed by atoms with van der Waals surface area (Å²) in [7, 11) is 0. The van der Waals surface area contributed by atoms with Gasteiger partial charge in [0.05, 0.1) is 11.1 Å². The number of hydrogen-bond donors (Lipinski definition) is 1. The Hall–Kier alpha value is -2.68. The highest BCUT2D eigenvalue weighted by molar-refractivity contribution is 5.97. The maximum atomic E-state index is 13.1. The van der Waals surface area contributed by atoms with Gasteiger partial charge in [0.1, 0.15) is 0 Å². The Labute approximate surface area is 160 Å². The largest absolute Gasteiger partial charge is 0.346 e. The standard InChI is InChI=1S/C24H26N2O/c1-18-9-3-4-11-20(18)16-24(13-7-2-8-14-24)26-23(27)21-15-19-10-5-6-12-22(19)25-17-21/h3-6,9-12,15,17H,2,7-8,13-14,16H2,1H3,(H,26,27). The van der Waals surface area contributed by atoms with Crippen molar-refractivity contribution >= 4 is 16.8 Å². The number of fused-ring (bicyclic) bond motifs is 1. The molecule has 2 aromatic carbocycles. The average molecular weight is 358 g/mol. The predicted octanol–water partition coefficient (Wildman–Crippen LogP) is 5.22. The van der Waals surface area contributed by atoms with Crippen LogP contribution in [0.4, 0.5) is 0 Å². The molecule has 1 saturated carbocycles. The van der Waals surface area contributed by atoms with Crippen molar-refractivity contribution in [1.82, 2.24) is 10.3 Å². The second kappa shape index (κ2) is 7.51.